The summed E-state index contributed by atoms with van der Waals surface area (Å²) >= 11 is 0. The summed E-state index contributed by atoms with van der Waals surface area (Å²) in [5.74, 6) is 0.858. The molecule has 3 aromatic carbocycles. The van der Waals surface area contributed by atoms with Crippen LogP contribution in [0, 0.1) is 0 Å². The van der Waals surface area contributed by atoms with E-state index < -0.39 is 32.0 Å². The zero-order valence-corrected chi connectivity index (χ0v) is 21.5. The molecule has 0 aliphatic carbocycles. The maximum Gasteiger partial charge on any atom is 0.243 e. The number of hydrogen-bond donors (Lipinski definition) is 1. The van der Waals surface area contributed by atoms with Crippen LogP contribution in [0.1, 0.15) is 12.8 Å². The second-order valence-corrected chi connectivity index (χ2v) is 12.5. The number of rotatable bonds is 8. The van der Waals surface area contributed by atoms with E-state index in [1.807, 2.05) is 30.3 Å². The topological polar surface area (TPSA) is 113 Å². The molecular weight excluding hydrogens is 502 g/mol. The number of para-hydroxylation sites is 1. The van der Waals surface area contributed by atoms with E-state index in [-0.39, 0.29) is 16.3 Å². The fourth-order valence-corrected chi connectivity index (χ4v) is 6.43. The largest absolute Gasteiger partial charge is 0.457 e. The standard InChI is InChI=1S/C25H27N3O6S2/c1-27(2)35(30,31)22-14-16-23(17-15-22)36(32,33)28-18-6-9-24(28)25(29)26-19-10-12-21(13-11-19)34-20-7-4-3-5-8-20/h3-5,7-8,10-17,24H,6,9,18H2,1-2H3,(H,26,29)/t24-/m1/s1. The van der Waals surface area contributed by atoms with E-state index >= 15 is 0 Å². The van der Waals surface area contributed by atoms with Crippen LogP contribution in [0.5, 0.6) is 11.5 Å². The van der Waals surface area contributed by atoms with Crippen LogP contribution in [0.2, 0.25) is 0 Å². The van der Waals surface area contributed by atoms with Crippen LogP contribution < -0.4 is 10.1 Å². The van der Waals surface area contributed by atoms with E-state index in [0.29, 0.717) is 30.0 Å². The normalized spacial score (nSPS) is 16.7. The average Bonchev–Trinajstić information content (AvgIpc) is 3.37. The predicted octanol–water partition coefficient (Wildman–Crippen LogP) is 3.52. The number of hydrogen-bond acceptors (Lipinski definition) is 6. The average molecular weight is 530 g/mol. The highest BCUT2D eigenvalue weighted by Gasteiger charge is 2.39. The van der Waals surface area contributed by atoms with Gasteiger partial charge in [0.1, 0.15) is 17.5 Å². The van der Waals surface area contributed by atoms with Crippen molar-refractivity contribution >= 4 is 31.6 Å². The number of nitrogens with one attached hydrogen (secondary N) is 1. The zero-order chi connectivity index (χ0) is 25.9. The number of carbonyl (C=O) groups is 1. The number of ether oxygens (including phenoxy) is 1. The molecule has 0 unspecified atom stereocenters. The predicted molar refractivity (Wildman–Crippen MR) is 136 cm³/mol. The van der Waals surface area contributed by atoms with Crippen molar-refractivity contribution in [2.24, 2.45) is 0 Å². The summed E-state index contributed by atoms with van der Waals surface area (Å²) in [6.45, 7) is 0.196. The van der Waals surface area contributed by atoms with Crippen LogP contribution in [0.15, 0.2) is 88.7 Å². The Balaban J connectivity index is 1.46. The molecule has 0 radical (unpaired) electrons. The van der Waals surface area contributed by atoms with Gasteiger partial charge in [0.2, 0.25) is 26.0 Å². The van der Waals surface area contributed by atoms with Crippen LogP contribution in [0.25, 0.3) is 0 Å². The first-order chi connectivity index (χ1) is 17.1. The zero-order valence-electron chi connectivity index (χ0n) is 19.9. The molecule has 1 heterocycles. The van der Waals surface area contributed by atoms with Crippen molar-refractivity contribution in [3.05, 3.63) is 78.9 Å². The molecule has 0 bridgehead atoms. The number of amides is 1. The van der Waals surface area contributed by atoms with Gasteiger partial charge >= 0.3 is 0 Å². The van der Waals surface area contributed by atoms with Gasteiger partial charge in [0, 0.05) is 26.3 Å². The smallest absolute Gasteiger partial charge is 0.243 e. The van der Waals surface area contributed by atoms with Crippen molar-refractivity contribution in [2.75, 3.05) is 26.0 Å². The second kappa shape index (κ2) is 10.4. The van der Waals surface area contributed by atoms with E-state index in [0.717, 1.165) is 4.31 Å². The van der Waals surface area contributed by atoms with Crippen LogP contribution in [-0.2, 0) is 24.8 Å². The molecule has 11 heteroatoms. The summed E-state index contributed by atoms with van der Waals surface area (Å²) in [6, 6.07) is 20.2. The highest BCUT2D eigenvalue weighted by molar-refractivity contribution is 7.89. The van der Waals surface area contributed by atoms with Gasteiger partial charge in [0.15, 0.2) is 0 Å². The van der Waals surface area contributed by atoms with Gasteiger partial charge in [0.05, 0.1) is 9.79 Å². The van der Waals surface area contributed by atoms with Gasteiger partial charge < -0.3 is 10.1 Å². The lowest BCUT2D eigenvalue weighted by Gasteiger charge is -2.23. The van der Waals surface area contributed by atoms with Crippen molar-refractivity contribution in [1.29, 1.82) is 0 Å². The van der Waals surface area contributed by atoms with Gasteiger partial charge in [0.25, 0.3) is 0 Å². The van der Waals surface area contributed by atoms with Gasteiger partial charge in [-0.2, -0.15) is 4.31 Å². The van der Waals surface area contributed by atoms with Gasteiger partial charge in [-0.15, -0.1) is 0 Å². The first kappa shape index (κ1) is 25.8. The Kier molecular flexibility index (Phi) is 7.46. The molecule has 0 aromatic heterocycles. The summed E-state index contributed by atoms with van der Waals surface area (Å²) in [7, 11) is -4.89. The molecule has 0 spiro atoms. The van der Waals surface area contributed by atoms with Crippen molar-refractivity contribution in [3.8, 4) is 11.5 Å². The molecule has 1 N–H and O–H groups in total. The van der Waals surface area contributed by atoms with Gasteiger partial charge in [-0.05, 0) is 73.5 Å². The molecule has 0 saturated carbocycles. The lowest BCUT2D eigenvalue weighted by molar-refractivity contribution is -0.119. The minimum Gasteiger partial charge on any atom is -0.457 e. The molecule has 1 atom stereocenters. The van der Waals surface area contributed by atoms with E-state index in [1.165, 1.54) is 42.7 Å². The third kappa shape index (κ3) is 5.44. The number of benzene rings is 3. The summed E-state index contributed by atoms with van der Waals surface area (Å²) in [5.41, 5.74) is 0.517. The van der Waals surface area contributed by atoms with Crippen LogP contribution in [-0.4, -0.2) is 58.0 Å². The van der Waals surface area contributed by atoms with Crippen LogP contribution in [0.3, 0.4) is 0 Å². The lowest BCUT2D eigenvalue weighted by Crippen LogP contribution is -2.43. The highest BCUT2D eigenvalue weighted by Crippen LogP contribution is 2.29. The first-order valence-corrected chi connectivity index (χ1v) is 14.2. The summed E-state index contributed by atoms with van der Waals surface area (Å²) < 4.78 is 59.1. The Morgan fingerprint density at radius 1 is 0.861 bits per heavy atom. The van der Waals surface area contributed by atoms with E-state index in [4.69, 9.17) is 4.74 Å². The van der Waals surface area contributed by atoms with E-state index in [9.17, 15) is 21.6 Å². The summed E-state index contributed by atoms with van der Waals surface area (Å²) in [5, 5.41) is 2.78. The van der Waals surface area contributed by atoms with Crippen molar-refractivity contribution in [2.45, 2.75) is 28.7 Å². The Morgan fingerprint density at radius 2 is 1.44 bits per heavy atom. The quantitative estimate of drug-likeness (QED) is 0.478. The number of sulfonamides is 2. The Hall–Kier alpha value is -3.25. The summed E-state index contributed by atoms with van der Waals surface area (Å²) in [6.07, 6.45) is 0.918. The Morgan fingerprint density at radius 3 is 2.06 bits per heavy atom. The maximum atomic E-state index is 13.3. The second-order valence-electron chi connectivity index (χ2n) is 8.46. The van der Waals surface area contributed by atoms with Crippen molar-refractivity contribution < 1.29 is 26.4 Å². The van der Waals surface area contributed by atoms with Gasteiger partial charge in [-0.1, -0.05) is 18.2 Å². The third-order valence-corrected chi connectivity index (χ3v) is 9.57. The molecule has 36 heavy (non-hydrogen) atoms. The van der Waals surface area contributed by atoms with Gasteiger partial charge in [-0.3, -0.25) is 4.79 Å². The molecular formula is C25H27N3O6S2. The SMILES string of the molecule is CN(C)S(=O)(=O)c1ccc(S(=O)(=O)N2CCC[C@@H]2C(=O)Nc2ccc(Oc3ccccc3)cc2)cc1. The molecule has 1 aliphatic heterocycles. The minimum absolute atomic E-state index is 0.0122. The minimum atomic E-state index is -4.00. The van der Waals surface area contributed by atoms with Crippen molar-refractivity contribution in [3.63, 3.8) is 0 Å². The van der Waals surface area contributed by atoms with Gasteiger partial charge in [-0.25, -0.2) is 21.1 Å². The van der Waals surface area contributed by atoms with Crippen molar-refractivity contribution in [1.82, 2.24) is 8.61 Å². The van der Waals surface area contributed by atoms with E-state index in [2.05, 4.69) is 5.32 Å². The Labute approximate surface area is 211 Å². The molecule has 190 valence electrons. The van der Waals surface area contributed by atoms with E-state index in [1.54, 1.807) is 24.3 Å². The molecule has 4 rings (SSSR count). The maximum absolute atomic E-state index is 13.3. The molecule has 1 aliphatic rings. The molecule has 1 amide bonds. The molecule has 1 saturated heterocycles. The number of anilines is 1. The first-order valence-electron chi connectivity index (χ1n) is 11.3. The van der Waals surface area contributed by atoms with Crippen LogP contribution >= 0.6 is 0 Å². The van der Waals surface area contributed by atoms with Crippen LogP contribution in [0.4, 0.5) is 5.69 Å². The molecule has 3 aromatic rings. The monoisotopic (exact) mass is 529 g/mol. The third-order valence-electron chi connectivity index (χ3n) is 5.82. The molecule has 1 fully saturated rings. The fraction of sp³-hybridized carbons (Fsp3) is 0.240. The Bertz CT molecular complexity index is 1420. The number of carbonyl (C=O) groups excluding carboxylic acids is 1. The molecule has 9 nitrogen and oxygen atoms in total. The summed E-state index contributed by atoms with van der Waals surface area (Å²) in [4.78, 5) is 12.9. The lowest BCUT2D eigenvalue weighted by atomic mass is 10.2. The number of nitrogens with zero attached hydrogens (tertiary/aromatic N) is 2. The fourth-order valence-electron chi connectivity index (χ4n) is 3.88. The highest BCUT2D eigenvalue weighted by atomic mass is 32.2.